The van der Waals surface area contributed by atoms with Crippen molar-refractivity contribution in [3.8, 4) is 0 Å². The molecule has 2 aromatic rings. The van der Waals surface area contributed by atoms with Crippen molar-refractivity contribution in [3.05, 3.63) is 47.3 Å². The van der Waals surface area contributed by atoms with E-state index in [2.05, 4.69) is 27.8 Å². The Kier molecular flexibility index (Phi) is 9.24. The number of carbonyl (C=O) groups excluding carboxylic acids is 2. The number of amides is 1. The molecular weight excluding hydrogens is 356 g/mol. The number of aromatic amines is 1. The molecule has 27 heavy (non-hydrogen) atoms. The number of rotatable bonds is 7. The highest BCUT2D eigenvalue weighted by atomic mass is 19.1. The summed E-state index contributed by atoms with van der Waals surface area (Å²) in [6.45, 7) is 7.44. The van der Waals surface area contributed by atoms with Gasteiger partial charge in [0.1, 0.15) is 22.9 Å². The van der Waals surface area contributed by atoms with E-state index in [1.165, 1.54) is 19.5 Å². The molecule has 0 radical (unpaired) electrons. The first kappa shape index (κ1) is 22.4. The SMILES string of the molecule is CC(=O)c1[nH]ncc1NC(=O)c1c(F)cccc1F.CCCNCC(C)N. The van der Waals surface area contributed by atoms with Crippen LogP contribution in [0.2, 0.25) is 0 Å². The first-order valence-corrected chi connectivity index (χ1v) is 8.53. The number of nitrogens with two attached hydrogens (primary N) is 1. The van der Waals surface area contributed by atoms with E-state index in [1.54, 1.807) is 0 Å². The molecule has 5 N–H and O–H groups in total. The molecule has 0 fully saturated rings. The Hall–Kier alpha value is -2.65. The largest absolute Gasteiger partial charge is 0.327 e. The standard InChI is InChI=1S/C12H9F2N3O2.C6H16N2/c1-6(18)11-9(5-15-17-11)16-12(19)10-7(13)3-2-4-8(10)14;1-3-4-8-5-6(2)7/h2-5H,1H3,(H,15,17)(H,16,19);6,8H,3-5,7H2,1-2H3. The molecule has 0 aliphatic carbocycles. The van der Waals surface area contributed by atoms with Crippen LogP contribution in [0.15, 0.2) is 24.4 Å². The Morgan fingerprint density at radius 2 is 1.93 bits per heavy atom. The number of nitrogens with zero attached hydrogens (tertiary/aromatic N) is 1. The Morgan fingerprint density at radius 3 is 2.44 bits per heavy atom. The van der Waals surface area contributed by atoms with Crippen molar-refractivity contribution in [2.75, 3.05) is 18.4 Å². The molecule has 0 aliphatic heterocycles. The molecule has 1 aromatic carbocycles. The third-order valence-corrected chi connectivity index (χ3v) is 3.32. The summed E-state index contributed by atoms with van der Waals surface area (Å²) < 4.78 is 26.8. The van der Waals surface area contributed by atoms with Crippen molar-refractivity contribution in [2.45, 2.75) is 33.2 Å². The van der Waals surface area contributed by atoms with Gasteiger partial charge in [-0.3, -0.25) is 14.7 Å². The summed E-state index contributed by atoms with van der Waals surface area (Å²) in [5, 5.41) is 11.4. The van der Waals surface area contributed by atoms with Gasteiger partial charge in [-0.1, -0.05) is 13.0 Å². The number of aromatic nitrogens is 2. The van der Waals surface area contributed by atoms with E-state index in [0.29, 0.717) is 6.04 Å². The molecule has 0 aliphatic rings. The Labute approximate surface area is 156 Å². The van der Waals surface area contributed by atoms with Gasteiger partial charge in [-0.05, 0) is 32.0 Å². The van der Waals surface area contributed by atoms with Crippen LogP contribution in [0, 0.1) is 11.6 Å². The van der Waals surface area contributed by atoms with Gasteiger partial charge in [-0.2, -0.15) is 5.10 Å². The lowest BCUT2D eigenvalue weighted by atomic mass is 10.1. The summed E-state index contributed by atoms with van der Waals surface area (Å²) in [4.78, 5) is 23.0. The Morgan fingerprint density at radius 1 is 1.30 bits per heavy atom. The summed E-state index contributed by atoms with van der Waals surface area (Å²) in [6.07, 6.45) is 2.38. The average molecular weight is 381 g/mol. The number of ketones is 1. The van der Waals surface area contributed by atoms with E-state index in [1.807, 2.05) is 6.92 Å². The van der Waals surface area contributed by atoms with Crippen molar-refractivity contribution in [2.24, 2.45) is 5.73 Å². The summed E-state index contributed by atoms with van der Waals surface area (Å²) in [6, 6.07) is 3.39. The maximum atomic E-state index is 13.4. The number of carbonyl (C=O) groups is 2. The van der Waals surface area contributed by atoms with Gasteiger partial charge in [0.05, 0.1) is 11.9 Å². The number of Topliss-reactive ketones (excluding diaryl/α,β-unsaturated/α-hetero) is 1. The lowest BCUT2D eigenvalue weighted by Crippen LogP contribution is -2.31. The Balaban J connectivity index is 0.000000387. The second-order valence-corrected chi connectivity index (χ2v) is 5.95. The second-order valence-electron chi connectivity index (χ2n) is 5.95. The fourth-order valence-electron chi connectivity index (χ4n) is 2.06. The first-order chi connectivity index (χ1) is 12.8. The average Bonchev–Trinajstić information content (AvgIpc) is 3.03. The lowest BCUT2D eigenvalue weighted by Gasteiger charge is -2.06. The lowest BCUT2D eigenvalue weighted by molar-refractivity contribution is 0.101. The molecule has 1 heterocycles. The number of hydrogen-bond acceptors (Lipinski definition) is 5. The van der Waals surface area contributed by atoms with Crippen LogP contribution in [-0.2, 0) is 0 Å². The van der Waals surface area contributed by atoms with E-state index >= 15 is 0 Å². The van der Waals surface area contributed by atoms with Gasteiger partial charge in [-0.15, -0.1) is 0 Å². The van der Waals surface area contributed by atoms with E-state index in [-0.39, 0.29) is 17.2 Å². The van der Waals surface area contributed by atoms with Gasteiger partial charge in [0, 0.05) is 19.5 Å². The molecule has 0 bridgehead atoms. The third-order valence-electron chi connectivity index (χ3n) is 3.32. The smallest absolute Gasteiger partial charge is 0.261 e. The van der Waals surface area contributed by atoms with E-state index in [4.69, 9.17) is 5.73 Å². The fraction of sp³-hybridized carbons (Fsp3) is 0.389. The molecule has 1 amide bonds. The van der Waals surface area contributed by atoms with Crippen LogP contribution in [0.4, 0.5) is 14.5 Å². The maximum Gasteiger partial charge on any atom is 0.261 e. The van der Waals surface area contributed by atoms with Crippen molar-refractivity contribution in [3.63, 3.8) is 0 Å². The van der Waals surface area contributed by atoms with Gasteiger partial charge in [0.2, 0.25) is 0 Å². The molecular formula is C18H25F2N5O2. The van der Waals surface area contributed by atoms with Gasteiger partial charge in [0.25, 0.3) is 5.91 Å². The quantitative estimate of drug-likeness (QED) is 0.435. The van der Waals surface area contributed by atoms with E-state index < -0.39 is 23.1 Å². The van der Waals surface area contributed by atoms with Gasteiger partial charge < -0.3 is 16.4 Å². The summed E-state index contributed by atoms with van der Waals surface area (Å²) in [5.74, 6) is -3.31. The maximum absolute atomic E-state index is 13.4. The molecule has 0 spiro atoms. The van der Waals surface area contributed by atoms with Crippen LogP contribution >= 0.6 is 0 Å². The van der Waals surface area contributed by atoms with Crippen LogP contribution in [-0.4, -0.2) is 41.0 Å². The molecule has 9 heteroatoms. The van der Waals surface area contributed by atoms with Gasteiger partial charge in [-0.25, -0.2) is 8.78 Å². The predicted octanol–water partition coefficient (Wildman–Crippen LogP) is 2.48. The number of anilines is 1. The van der Waals surface area contributed by atoms with Crippen LogP contribution < -0.4 is 16.4 Å². The zero-order chi connectivity index (χ0) is 20.4. The highest BCUT2D eigenvalue weighted by Gasteiger charge is 2.19. The molecule has 1 unspecified atom stereocenters. The van der Waals surface area contributed by atoms with Crippen molar-refractivity contribution in [1.29, 1.82) is 0 Å². The number of nitrogens with one attached hydrogen (secondary N) is 3. The molecule has 148 valence electrons. The van der Waals surface area contributed by atoms with Crippen LogP contribution in [0.3, 0.4) is 0 Å². The number of hydrogen-bond donors (Lipinski definition) is 4. The zero-order valence-electron chi connectivity index (χ0n) is 15.6. The van der Waals surface area contributed by atoms with Crippen LogP contribution in [0.1, 0.15) is 48.0 Å². The Bertz CT molecular complexity index is 742. The number of H-pyrrole nitrogens is 1. The predicted molar refractivity (Wildman–Crippen MR) is 99.7 cm³/mol. The summed E-state index contributed by atoms with van der Waals surface area (Å²) in [7, 11) is 0. The van der Waals surface area contributed by atoms with Gasteiger partial charge in [0.15, 0.2) is 5.78 Å². The van der Waals surface area contributed by atoms with E-state index in [9.17, 15) is 18.4 Å². The van der Waals surface area contributed by atoms with Crippen molar-refractivity contribution < 1.29 is 18.4 Å². The highest BCUT2D eigenvalue weighted by molar-refractivity contribution is 6.08. The normalized spacial score (nSPS) is 11.3. The van der Waals surface area contributed by atoms with Crippen LogP contribution in [0.25, 0.3) is 0 Å². The third kappa shape index (κ3) is 7.24. The van der Waals surface area contributed by atoms with Crippen molar-refractivity contribution in [1.82, 2.24) is 15.5 Å². The first-order valence-electron chi connectivity index (χ1n) is 8.53. The molecule has 1 atom stereocenters. The molecule has 0 saturated heterocycles. The summed E-state index contributed by atoms with van der Waals surface area (Å²) >= 11 is 0. The minimum Gasteiger partial charge on any atom is -0.327 e. The minimum absolute atomic E-state index is 0.0603. The molecule has 2 rings (SSSR count). The number of halogens is 2. The summed E-state index contributed by atoms with van der Waals surface area (Å²) in [5.41, 5.74) is 4.89. The highest BCUT2D eigenvalue weighted by Crippen LogP contribution is 2.17. The van der Waals surface area contributed by atoms with Gasteiger partial charge >= 0.3 is 0 Å². The topological polar surface area (TPSA) is 113 Å². The second kappa shape index (κ2) is 11.1. The monoisotopic (exact) mass is 381 g/mol. The molecule has 7 nitrogen and oxygen atoms in total. The molecule has 1 aromatic heterocycles. The fourth-order valence-corrected chi connectivity index (χ4v) is 2.06. The molecule has 0 saturated carbocycles. The van der Waals surface area contributed by atoms with Crippen molar-refractivity contribution >= 4 is 17.4 Å². The minimum atomic E-state index is -0.987. The van der Waals surface area contributed by atoms with E-state index in [0.717, 1.165) is 31.3 Å². The zero-order valence-corrected chi connectivity index (χ0v) is 15.6. The van der Waals surface area contributed by atoms with Crippen LogP contribution in [0.5, 0.6) is 0 Å². The number of benzene rings is 1.